The van der Waals surface area contributed by atoms with E-state index < -0.39 is 29.5 Å². The van der Waals surface area contributed by atoms with E-state index in [1.54, 1.807) is 36.4 Å². The minimum atomic E-state index is -0.955. The van der Waals surface area contributed by atoms with Crippen LogP contribution in [0.1, 0.15) is 53.3 Å². The van der Waals surface area contributed by atoms with Crippen LogP contribution < -0.4 is 16.3 Å². The number of carbonyl (C=O) groups excluding carboxylic acids is 2. The third kappa shape index (κ3) is 5.77. The normalized spacial score (nSPS) is 12.0. The number of furan rings is 1. The lowest BCUT2D eigenvalue weighted by atomic mass is 10.00. The Morgan fingerprint density at radius 2 is 1.61 bits per heavy atom. The molecule has 0 aliphatic carbocycles. The van der Waals surface area contributed by atoms with Crippen LogP contribution in [-0.4, -0.2) is 29.4 Å². The maximum atomic E-state index is 12.9. The highest BCUT2D eigenvalue weighted by molar-refractivity contribution is 5.97. The second-order valence-electron chi connectivity index (χ2n) is 9.32. The van der Waals surface area contributed by atoms with Crippen LogP contribution in [0, 0.1) is 20.8 Å². The number of aliphatic carboxylic acids is 1. The number of carboxylic acid groups (broad SMARTS) is 1. The largest absolute Gasteiger partial charge is 0.481 e. The first-order valence-corrected chi connectivity index (χ1v) is 12.5. The van der Waals surface area contributed by atoms with Gasteiger partial charge in [0.15, 0.2) is 0 Å². The van der Waals surface area contributed by atoms with Crippen molar-refractivity contribution >= 4 is 39.7 Å². The highest BCUT2D eigenvalue weighted by Gasteiger charge is 2.23. The maximum Gasteiger partial charge on any atom is 0.339 e. The van der Waals surface area contributed by atoms with Crippen LogP contribution in [0.5, 0.6) is 0 Å². The van der Waals surface area contributed by atoms with E-state index in [-0.39, 0.29) is 32.2 Å². The summed E-state index contributed by atoms with van der Waals surface area (Å²) >= 11 is 0. The van der Waals surface area contributed by atoms with Crippen molar-refractivity contribution in [3.05, 3.63) is 80.9 Å². The van der Waals surface area contributed by atoms with Gasteiger partial charge in [0.05, 0.1) is 0 Å². The molecular weight excluding hydrogens is 488 g/mol. The van der Waals surface area contributed by atoms with E-state index in [1.807, 2.05) is 26.8 Å². The highest BCUT2D eigenvalue weighted by atomic mass is 16.4. The molecule has 2 aromatic carbocycles. The quantitative estimate of drug-likeness (QED) is 0.211. The molecule has 9 nitrogen and oxygen atoms in total. The van der Waals surface area contributed by atoms with Gasteiger partial charge in [-0.25, -0.2) is 4.79 Å². The molecule has 0 aliphatic heterocycles. The summed E-state index contributed by atoms with van der Waals surface area (Å²) in [5.74, 6) is -0.993. The number of hydrogen-bond donors (Lipinski definition) is 3. The summed E-state index contributed by atoms with van der Waals surface area (Å²) in [7, 11) is 0. The average molecular weight is 519 g/mol. The molecule has 38 heavy (non-hydrogen) atoms. The fourth-order valence-corrected chi connectivity index (χ4v) is 4.48. The van der Waals surface area contributed by atoms with Crippen LogP contribution in [-0.2, 0) is 20.8 Å². The number of hydrogen-bond acceptors (Lipinski definition) is 6. The van der Waals surface area contributed by atoms with Crippen LogP contribution in [0.4, 0.5) is 0 Å². The standard InChI is InChI=1S/C29H30N2O7/c1-16-18(3)37-23-15-24-22(14-21(16)23)17(2)20(29(36)38-24)11-12-25(32)31-27(19-8-5-4-6-9-19)28(35)30-13-7-10-26(33)34/h4-6,8-9,14-15,27H,7,10-13H2,1-3H3,(H,30,35)(H,31,32)(H,33,34)/t27-/m0/s1. The summed E-state index contributed by atoms with van der Waals surface area (Å²) in [5, 5.41) is 15.9. The van der Waals surface area contributed by atoms with E-state index in [0.29, 0.717) is 22.3 Å². The molecule has 0 saturated heterocycles. The summed E-state index contributed by atoms with van der Waals surface area (Å²) in [6.07, 6.45) is 0.317. The molecule has 2 aromatic heterocycles. The predicted molar refractivity (Wildman–Crippen MR) is 142 cm³/mol. The molecule has 0 unspecified atom stereocenters. The van der Waals surface area contributed by atoms with E-state index in [9.17, 15) is 19.2 Å². The Hall–Kier alpha value is -4.40. The first-order chi connectivity index (χ1) is 18.2. The maximum absolute atomic E-state index is 12.9. The van der Waals surface area contributed by atoms with E-state index in [2.05, 4.69) is 10.6 Å². The fourth-order valence-electron chi connectivity index (χ4n) is 4.48. The van der Waals surface area contributed by atoms with Gasteiger partial charge >= 0.3 is 11.6 Å². The Morgan fingerprint density at radius 3 is 2.32 bits per heavy atom. The summed E-state index contributed by atoms with van der Waals surface area (Å²) in [6, 6.07) is 11.5. The molecule has 0 radical (unpaired) electrons. The van der Waals surface area contributed by atoms with Gasteiger partial charge < -0.3 is 24.6 Å². The Kier molecular flexibility index (Phi) is 7.95. The molecule has 0 spiro atoms. The van der Waals surface area contributed by atoms with Gasteiger partial charge in [-0.3, -0.25) is 14.4 Å². The number of carbonyl (C=O) groups is 3. The number of aryl methyl sites for hydroxylation is 3. The lowest BCUT2D eigenvalue weighted by molar-refractivity contribution is -0.137. The molecule has 1 atom stereocenters. The van der Waals surface area contributed by atoms with Crippen molar-refractivity contribution in [3.63, 3.8) is 0 Å². The van der Waals surface area contributed by atoms with Crippen molar-refractivity contribution in [2.45, 2.75) is 52.5 Å². The van der Waals surface area contributed by atoms with Crippen molar-refractivity contribution in [1.29, 1.82) is 0 Å². The number of nitrogens with one attached hydrogen (secondary N) is 2. The molecule has 198 valence electrons. The van der Waals surface area contributed by atoms with Gasteiger partial charge in [0, 0.05) is 41.8 Å². The van der Waals surface area contributed by atoms with E-state index >= 15 is 0 Å². The monoisotopic (exact) mass is 518 g/mol. The Morgan fingerprint density at radius 1 is 0.921 bits per heavy atom. The van der Waals surface area contributed by atoms with Gasteiger partial charge in [0.2, 0.25) is 11.8 Å². The Balaban J connectivity index is 1.50. The van der Waals surface area contributed by atoms with E-state index in [4.69, 9.17) is 13.9 Å². The van der Waals surface area contributed by atoms with Crippen molar-refractivity contribution in [1.82, 2.24) is 10.6 Å². The molecule has 0 aliphatic rings. The minimum Gasteiger partial charge on any atom is -0.481 e. The van der Waals surface area contributed by atoms with Crippen LogP contribution in [0.25, 0.3) is 21.9 Å². The number of amides is 2. The average Bonchev–Trinajstić information content (AvgIpc) is 3.16. The zero-order valence-electron chi connectivity index (χ0n) is 21.6. The SMILES string of the molecule is Cc1oc2cc3oc(=O)c(CCC(=O)N[C@H](C(=O)NCCCC(=O)O)c4ccccc4)c(C)c3cc2c1C. The van der Waals surface area contributed by atoms with Gasteiger partial charge in [-0.15, -0.1) is 0 Å². The highest BCUT2D eigenvalue weighted by Crippen LogP contribution is 2.31. The van der Waals surface area contributed by atoms with Gasteiger partial charge in [0.25, 0.3) is 0 Å². The summed E-state index contributed by atoms with van der Waals surface area (Å²) in [6.45, 7) is 5.85. The van der Waals surface area contributed by atoms with Crippen molar-refractivity contribution in [3.8, 4) is 0 Å². The lowest BCUT2D eigenvalue weighted by Gasteiger charge is -2.19. The molecule has 4 aromatic rings. The van der Waals surface area contributed by atoms with E-state index in [0.717, 1.165) is 27.7 Å². The number of carboxylic acids is 1. The molecule has 3 N–H and O–H groups in total. The summed E-state index contributed by atoms with van der Waals surface area (Å²) in [5.41, 5.74) is 3.30. The second-order valence-corrected chi connectivity index (χ2v) is 9.32. The number of benzene rings is 2. The van der Waals surface area contributed by atoms with Crippen LogP contribution in [0.3, 0.4) is 0 Å². The van der Waals surface area contributed by atoms with Crippen LogP contribution >= 0.6 is 0 Å². The van der Waals surface area contributed by atoms with Gasteiger partial charge in [-0.1, -0.05) is 30.3 Å². The van der Waals surface area contributed by atoms with Gasteiger partial charge in [-0.2, -0.15) is 0 Å². The molecule has 0 bridgehead atoms. The zero-order chi connectivity index (χ0) is 27.4. The van der Waals surface area contributed by atoms with Crippen molar-refractivity contribution in [2.24, 2.45) is 0 Å². The Bertz CT molecular complexity index is 1570. The zero-order valence-corrected chi connectivity index (χ0v) is 21.6. The lowest BCUT2D eigenvalue weighted by Crippen LogP contribution is -2.41. The first-order valence-electron chi connectivity index (χ1n) is 12.5. The minimum absolute atomic E-state index is 0.0289. The third-order valence-electron chi connectivity index (χ3n) is 6.75. The van der Waals surface area contributed by atoms with E-state index in [1.165, 1.54) is 0 Å². The van der Waals surface area contributed by atoms with Crippen LogP contribution in [0.2, 0.25) is 0 Å². The molecule has 2 heterocycles. The third-order valence-corrected chi connectivity index (χ3v) is 6.75. The fraction of sp³-hybridized carbons (Fsp3) is 0.310. The molecule has 0 fully saturated rings. The number of fused-ring (bicyclic) bond motifs is 2. The number of rotatable bonds is 10. The second kappa shape index (κ2) is 11.3. The van der Waals surface area contributed by atoms with Gasteiger partial charge in [-0.05, 0) is 56.4 Å². The summed E-state index contributed by atoms with van der Waals surface area (Å²) < 4.78 is 11.3. The smallest absolute Gasteiger partial charge is 0.339 e. The molecular formula is C29H30N2O7. The first kappa shape index (κ1) is 26.7. The topological polar surface area (TPSA) is 139 Å². The predicted octanol–water partition coefficient (Wildman–Crippen LogP) is 4.24. The molecule has 2 amide bonds. The summed E-state index contributed by atoms with van der Waals surface area (Å²) in [4.78, 5) is 49.3. The van der Waals surface area contributed by atoms with Crippen molar-refractivity contribution < 1.29 is 28.3 Å². The van der Waals surface area contributed by atoms with Gasteiger partial charge in [0.1, 0.15) is 23.0 Å². The molecule has 9 heteroatoms. The van der Waals surface area contributed by atoms with Crippen LogP contribution in [0.15, 0.2) is 56.1 Å². The molecule has 0 saturated carbocycles. The molecule has 4 rings (SSSR count). The Labute approximate surface area is 218 Å². The van der Waals surface area contributed by atoms with Crippen molar-refractivity contribution in [2.75, 3.05) is 6.54 Å².